The highest BCUT2D eigenvalue weighted by Crippen LogP contribution is 2.30. The zero-order valence-corrected chi connectivity index (χ0v) is 13.9. The zero-order valence-electron chi connectivity index (χ0n) is 13.9. The van der Waals surface area contributed by atoms with Gasteiger partial charge in [0.2, 0.25) is 5.91 Å². The molecule has 4 nitrogen and oxygen atoms in total. The predicted molar refractivity (Wildman–Crippen MR) is 86.7 cm³/mol. The molecule has 0 aliphatic carbocycles. The number of carbonyl (C=O) groups is 1. The van der Waals surface area contributed by atoms with Crippen molar-refractivity contribution in [2.24, 2.45) is 5.92 Å². The van der Waals surface area contributed by atoms with Crippen molar-refractivity contribution in [3.63, 3.8) is 0 Å². The average Bonchev–Trinajstić information content (AvgIpc) is 2.81. The summed E-state index contributed by atoms with van der Waals surface area (Å²) < 4.78 is 19.2. The SMILES string of the molecule is CCCN1C(=O)[C@H]2CC[C@@H]1CN(Cc1ccc(OC)cc1F)C2. The summed E-state index contributed by atoms with van der Waals surface area (Å²) in [6.45, 7) is 5.08. The van der Waals surface area contributed by atoms with E-state index in [0.29, 0.717) is 23.8 Å². The number of ether oxygens (including phenoxy) is 1. The summed E-state index contributed by atoms with van der Waals surface area (Å²) in [5, 5.41) is 0. The van der Waals surface area contributed by atoms with E-state index >= 15 is 0 Å². The molecular weight excluding hydrogens is 295 g/mol. The molecule has 0 saturated carbocycles. The second kappa shape index (κ2) is 6.87. The van der Waals surface area contributed by atoms with Crippen molar-refractivity contribution in [2.45, 2.75) is 38.8 Å². The van der Waals surface area contributed by atoms with Crippen molar-refractivity contribution in [1.82, 2.24) is 9.80 Å². The predicted octanol–water partition coefficient (Wildman–Crippen LogP) is 2.67. The molecule has 4 rings (SSSR count). The highest BCUT2D eigenvalue weighted by Gasteiger charge is 2.40. The third-order valence-corrected chi connectivity index (χ3v) is 4.99. The molecular formula is C18H25FN2O2. The van der Waals surface area contributed by atoms with Gasteiger partial charge in [-0.25, -0.2) is 4.39 Å². The minimum Gasteiger partial charge on any atom is -0.497 e. The van der Waals surface area contributed by atoms with Crippen LogP contribution in [-0.4, -0.2) is 48.5 Å². The molecule has 3 aliphatic rings. The fraction of sp³-hybridized carbons (Fsp3) is 0.611. The van der Waals surface area contributed by atoms with Crippen molar-refractivity contribution < 1.29 is 13.9 Å². The van der Waals surface area contributed by atoms with Crippen LogP contribution in [0.25, 0.3) is 0 Å². The van der Waals surface area contributed by atoms with Gasteiger partial charge in [0, 0.05) is 43.9 Å². The molecule has 126 valence electrons. The molecule has 1 aromatic rings. The molecule has 1 aromatic carbocycles. The lowest BCUT2D eigenvalue weighted by atomic mass is 9.94. The number of methoxy groups -OCH3 is 1. The van der Waals surface area contributed by atoms with Crippen molar-refractivity contribution in [1.29, 1.82) is 0 Å². The maximum Gasteiger partial charge on any atom is 0.227 e. The average molecular weight is 320 g/mol. The molecule has 0 radical (unpaired) electrons. The van der Waals surface area contributed by atoms with E-state index in [1.165, 1.54) is 13.2 Å². The number of benzene rings is 1. The lowest BCUT2D eigenvalue weighted by Gasteiger charge is -2.35. The van der Waals surface area contributed by atoms with E-state index in [1.807, 2.05) is 0 Å². The number of amides is 1. The molecule has 3 heterocycles. The molecule has 1 amide bonds. The maximum absolute atomic E-state index is 14.2. The first-order valence-electron chi connectivity index (χ1n) is 8.47. The van der Waals surface area contributed by atoms with Crippen molar-refractivity contribution in [3.05, 3.63) is 29.6 Å². The Hall–Kier alpha value is -1.62. The summed E-state index contributed by atoms with van der Waals surface area (Å²) >= 11 is 0. The summed E-state index contributed by atoms with van der Waals surface area (Å²) in [4.78, 5) is 16.8. The molecule has 0 unspecified atom stereocenters. The van der Waals surface area contributed by atoms with Gasteiger partial charge in [-0.15, -0.1) is 0 Å². The first-order valence-corrected chi connectivity index (χ1v) is 8.47. The van der Waals surface area contributed by atoms with Gasteiger partial charge < -0.3 is 9.64 Å². The van der Waals surface area contributed by atoms with Crippen LogP contribution in [0.2, 0.25) is 0 Å². The molecule has 0 spiro atoms. The molecule has 0 N–H and O–H groups in total. The lowest BCUT2D eigenvalue weighted by molar-refractivity contribution is -0.139. The van der Waals surface area contributed by atoms with Gasteiger partial charge in [-0.1, -0.05) is 13.0 Å². The quantitative estimate of drug-likeness (QED) is 0.836. The number of carbonyl (C=O) groups excluding carboxylic acids is 1. The number of hydrogen-bond acceptors (Lipinski definition) is 3. The van der Waals surface area contributed by atoms with Crippen LogP contribution in [0, 0.1) is 11.7 Å². The molecule has 0 aromatic heterocycles. The van der Waals surface area contributed by atoms with Gasteiger partial charge in [0.1, 0.15) is 11.6 Å². The largest absolute Gasteiger partial charge is 0.497 e. The number of fused-ring (bicyclic) bond motifs is 4. The first-order chi connectivity index (χ1) is 11.1. The zero-order chi connectivity index (χ0) is 16.4. The highest BCUT2D eigenvalue weighted by atomic mass is 19.1. The van der Waals surface area contributed by atoms with E-state index in [9.17, 15) is 9.18 Å². The summed E-state index contributed by atoms with van der Waals surface area (Å²) in [5.41, 5.74) is 0.668. The van der Waals surface area contributed by atoms with E-state index in [-0.39, 0.29) is 17.8 Å². The fourth-order valence-corrected chi connectivity index (χ4v) is 3.82. The van der Waals surface area contributed by atoms with Gasteiger partial charge in [-0.05, 0) is 25.3 Å². The molecule has 2 bridgehead atoms. The van der Waals surface area contributed by atoms with Crippen LogP contribution < -0.4 is 4.74 Å². The minimum atomic E-state index is -0.238. The van der Waals surface area contributed by atoms with Crippen LogP contribution in [0.1, 0.15) is 31.7 Å². The second-order valence-electron chi connectivity index (χ2n) is 6.61. The van der Waals surface area contributed by atoms with Crippen LogP contribution in [0.5, 0.6) is 5.75 Å². The Morgan fingerprint density at radius 1 is 1.30 bits per heavy atom. The Kier molecular flexibility index (Phi) is 4.85. The molecule has 3 fully saturated rings. The van der Waals surface area contributed by atoms with Crippen molar-refractivity contribution in [2.75, 3.05) is 26.7 Å². The Balaban J connectivity index is 1.74. The third kappa shape index (κ3) is 3.34. The Labute approximate surface area is 137 Å². The number of hydrogen-bond donors (Lipinski definition) is 0. The Morgan fingerprint density at radius 3 is 2.83 bits per heavy atom. The van der Waals surface area contributed by atoms with Gasteiger partial charge >= 0.3 is 0 Å². The monoisotopic (exact) mass is 320 g/mol. The van der Waals surface area contributed by atoms with Crippen molar-refractivity contribution >= 4 is 5.91 Å². The van der Waals surface area contributed by atoms with Crippen LogP contribution >= 0.6 is 0 Å². The number of piperidine rings is 1. The maximum atomic E-state index is 14.2. The summed E-state index contributed by atoms with van der Waals surface area (Å²) in [5.74, 6) is 0.659. The summed E-state index contributed by atoms with van der Waals surface area (Å²) in [7, 11) is 1.54. The fourth-order valence-electron chi connectivity index (χ4n) is 3.82. The Morgan fingerprint density at radius 2 is 2.13 bits per heavy atom. The van der Waals surface area contributed by atoms with Crippen LogP contribution in [0.4, 0.5) is 4.39 Å². The van der Waals surface area contributed by atoms with E-state index in [2.05, 4.69) is 16.7 Å². The first kappa shape index (κ1) is 16.2. The second-order valence-corrected chi connectivity index (χ2v) is 6.61. The Bertz CT molecular complexity index is 578. The highest BCUT2D eigenvalue weighted by molar-refractivity contribution is 5.80. The van der Waals surface area contributed by atoms with E-state index < -0.39 is 0 Å². The minimum absolute atomic E-state index is 0.0709. The molecule has 23 heavy (non-hydrogen) atoms. The van der Waals surface area contributed by atoms with Gasteiger partial charge in [0.15, 0.2) is 0 Å². The topological polar surface area (TPSA) is 32.8 Å². The standard InChI is InChI=1S/C18H25FN2O2/c1-3-8-21-15-6-4-14(18(21)22)11-20(12-15)10-13-5-7-16(23-2)9-17(13)19/h5,7,9,14-15H,3-4,6,8,10-12H2,1-2H3/t14-,15+/m0/s1. The molecule has 2 atom stereocenters. The lowest BCUT2D eigenvalue weighted by Crippen LogP contribution is -2.48. The number of rotatable bonds is 5. The summed E-state index contributed by atoms with van der Waals surface area (Å²) in [6, 6.07) is 5.28. The van der Waals surface area contributed by atoms with Crippen molar-refractivity contribution in [3.8, 4) is 5.75 Å². The third-order valence-electron chi connectivity index (χ3n) is 4.99. The van der Waals surface area contributed by atoms with Crippen LogP contribution in [-0.2, 0) is 11.3 Å². The molecule has 5 heteroatoms. The van der Waals surface area contributed by atoms with Gasteiger partial charge in [0.25, 0.3) is 0 Å². The van der Waals surface area contributed by atoms with E-state index in [4.69, 9.17) is 4.74 Å². The van der Waals surface area contributed by atoms with Gasteiger partial charge in [0.05, 0.1) is 13.0 Å². The molecule has 3 aliphatic heterocycles. The van der Waals surface area contributed by atoms with E-state index in [0.717, 1.165) is 38.9 Å². The van der Waals surface area contributed by atoms with Crippen LogP contribution in [0.15, 0.2) is 18.2 Å². The van der Waals surface area contributed by atoms with Gasteiger partial charge in [-0.2, -0.15) is 0 Å². The smallest absolute Gasteiger partial charge is 0.227 e. The normalized spacial score (nSPS) is 24.8. The van der Waals surface area contributed by atoms with Gasteiger partial charge in [-0.3, -0.25) is 9.69 Å². The number of nitrogens with zero attached hydrogens (tertiary/aromatic N) is 2. The molecule has 3 saturated heterocycles. The summed E-state index contributed by atoms with van der Waals surface area (Å²) in [6.07, 6.45) is 3.02. The van der Waals surface area contributed by atoms with E-state index in [1.54, 1.807) is 12.1 Å². The number of halogens is 1. The van der Waals surface area contributed by atoms with Crippen LogP contribution in [0.3, 0.4) is 0 Å².